The van der Waals surface area contributed by atoms with E-state index in [0.717, 1.165) is 0 Å². The molecule has 0 saturated carbocycles. The number of methoxy groups -OCH3 is 1. The topological polar surface area (TPSA) is 61.8 Å². The highest BCUT2D eigenvalue weighted by atomic mass is 16.5. The van der Waals surface area contributed by atoms with Gasteiger partial charge in [0.15, 0.2) is 17.8 Å². The van der Waals surface area contributed by atoms with Gasteiger partial charge in [-0.3, -0.25) is 4.79 Å². The van der Waals surface area contributed by atoms with Gasteiger partial charge >= 0.3 is 5.97 Å². The Balaban J connectivity index is 2.67. The van der Waals surface area contributed by atoms with E-state index in [1.807, 2.05) is 0 Å². The zero-order valence-electron chi connectivity index (χ0n) is 10.9. The maximum atomic E-state index is 11.1. The van der Waals surface area contributed by atoms with Crippen LogP contribution in [-0.2, 0) is 9.53 Å². The van der Waals surface area contributed by atoms with Crippen molar-refractivity contribution in [1.82, 2.24) is 0 Å². The number of aldehydes is 1. The molecule has 0 atom stereocenters. The molecule has 0 N–H and O–H groups in total. The van der Waals surface area contributed by atoms with Crippen LogP contribution in [0.5, 0.6) is 11.5 Å². The van der Waals surface area contributed by atoms with Crippen LogP contribution in [0.4, 0.5) is 0 Å². The average molecular weight is 264 g/mol. The lowest BCUT2D eigenvalue weighted by molar-refractivity contribution is -0.137. The Morgan fingerprint density at radius 2 is 2.16 bits per heavy atom. The van der Waals surface area contributed by atoms with Gasteiger partial charge < -0.3 is 14.2 Å². The van der Waals surface area contributed by atoms with Gasteiger partial charge in [0.1, 0.15) is 6.61 Å². The fraction of sp³-hybridized carbons (Fsp3) is 0.286. The molecule has 0 bridgehead atoms. The summed E-state index contributed by atoms with van der Waals surface area (Å²) in [6, 6.07) is 5.02. The third-order valence-electron chi connectivity index (χ3n) is 2.22. The number of carbonyl (C=O) groups excluding carboxylic acids is 2. The van der Waals surface area contributed by atoms with E-state index in [4.69, 9.17) is 14.2 Å². The van der Waals surface area contributed by atoms with Crippen molar-refractivity contribution < 1.29 is 23.8 Å². The quantitative estimate of drug-likeness (QED) is 0.428. The second-order valence-corrected chi connectivity index (χ2v) is 3.46. The van der Waals surface area contributed by atoms with Crippen LogP contribution < -0.4 is 9.47 Å². The number of para-hydroxylation sites is 1. The maximum absolute atomic E-state index is 11.1. The second kappa shape index (κ2) is 7.92. The van der Waals surface area contributed by atoms with Crippen molar-refractivity contribution in [3.63, 3.8) is 0 Å². The van der Waals surface area contributed by atoms with Gasteiger partial charge in [0, 0.05) is 6.08 Å². The molecule has 19 heavy (non-hydrogen) atoms. The number of hydrogen-bond acceptors (Lipinski definition) is 5. The van der Waals surface area contributed by atoms with E-state index in [1.165, 1.54) is 19.3 Å². The highest BCUT2D eigenvalue weighted by Crippen LogP contribution is 2.29. The van der Waals surface area contributed by atoms with Crippen molar-refractivity contribution in [2.75, 3.05) is 20.3 Å². The average Bonchev–Trinajstić information content (AvgIpc) is 2.43. The molecule has 0 unspecified atom stereocenters. The molecule has 0 aromatic heterocycles. The van der Waals surface area contributed by atoms with E-state index in [9.17, 15) is 9.59 Å². The van der Waals surface area contributed by atoms with Crippen LogP contribution in [0.25, 0.3) is 0 Å². The van der Waals surface area contributed by atoms with Crippen LogP contribution in [0.15, 0.2) is 30.4 Å². The van der Waals surface area contributed by atoms with E-state index in [0.29, 0.717) is 30.0 Å². The van der Waals surface area contributed by atoms with Gasteiger partial charge in [-0.15, -0.1) is 0 Å². The van der Waals surface area contributed by atoms with Crippen molar-refractivity contribution in [2.45, 2.75) is 6.92 Å². The number of carbonyl (C=O) groups is 2. The summed E-state index contributed by atoms with van der Waals surface area (Å²) in [4.78, 5) is 21.9. The minimum atomic E-state index is -0.429. The molecule has 0 aliphatic heterocycles. The van der Waals surface area contributed by atoms with Crippen molar-refractivity contribution in [3.05, 3.63) is 35.9 Å². The summed E-state index contributed by atoms with van der Waals surface area (Å²) in [6.07, 6.45) is 3.48. The number of rotatable bonds is 7. The van der Waals surface area contributed by atoms with Gasteiger partial charge in [-0.2, -0.15) is 0 Å². The molecule has 1 aromatic rings. The third kappa shape index (κ3) is 4.46. The Bertz CT molecular complexity index is 465. The van der Waals surface area contributed by atoms with E-state index in [-0.39, 0.29) is 6.61 Å². The largest absolute Gasteiger partial charge is 0.493 e. The molecule has 0 amide bonds. The Morgan fingerprint density at radius 1 is 1.37 bits per heavy atom. The monoisotopic (exact) mass is 264 g/mol. The lowest BCUT2D eigenvalue weighted by Crippen LogP contribution is -2.02. The highest BCUT2D eigenvalue weighted by molar-refractivity contribution is 5.82. The van der Waals surface area contributed by atoms with Crippen LogP contribution in [0.1, 0.15) is 17.3 Å². The summed E-state index contributed by atoms with van der Waals surface area (Å²) in [6.45, 7) is 2.19. The van der Waals surface area contributed by atoms with Crippen molar-refractivity contribution >= 4 is 12.3 Å². The molecule has 0 radical (unpaired) electrons. The van der Waals surface area contributed by atoms with Crippen molar-refractivity contribution in [2.24, 2.45) is 0 Å². The van der Waals surface area contributed by atoms with Crippen molar-refractivity contribution in [3.8, 4) is 11.5 Å². The highest BCUT2D eigenvalue weighted by Gasteiger charge is 2.09. The van der Waals surface area contributed by atoms with Crippen LogP contribution in [0.3, 0.4) is 0 Å². The van der Waals surface area contributed by atoms with Gasteiger partial charge in [-0.1, -0.05) is 6.07 Å². The lowest BCUT2D eigenvalue weighted by atomic mass is 10.2. The van der Waals surface area contributed by atoms with Crippen LogP contribution >= 0.6 is 0 Å². The molecule has 5 heteroatoms. The van der Waals surface area contributed by atoms with E-state index < -0.39 is 5.97 Å². The van der Waals surface area contributed by atoms with Crippen LogP contribution in [-0.4, -0.2) is 32.6 Å². The minimum absolute atomic E-state index is 0.139. The third-order valence-corrected chi connectivity index (χ3v) is 2.22. The Morgan fingerprint density at radius 3 is 2.79 bits per heavy atom. The zero-order valence-corrected chi connectivity index (χ0v) is 10.9. The van der Waals surface area contributed by atoms with Crippen molar-refractivity contribution in [1.29, 1.82) is 0 Å². The SMILES string of the molecule is CCOC(=O)C=CCOc1c(C=O)cccc1OC. The van der Waals surface area contributed by atoms with Gasteiger partial charge in [0.05, 0.1) is 19.3 Å². The Labute approximate surface area is 111 Å². The number of hydrogen-bond donors (Lipinski definition) is 0. The minimum Gasteiger partial charge on any atom is -0.493 e. The molecule has 0 aliphatic rings. The Kier molecular flexibility index (Phi) is 6.15. The summed E-state index contributed by atoms with van der Waals surface area (Å²) >= 11 is 0. The second-order valence-electron chi connectivity index (χ2n) is 3.46. The van der Waals surface area contributed by atoms with Gasteiger partial charge in [0.25, 0.3) is 0 Å². The molecule has 5 nitrogen and oxygen atoms in total. The van der Waals surface area contributed by atoms with Crippen LogP contribution in [0.2, 0.25) is 0 Å². The Hall–Kier alpha value is -2.30. The molecule has 0 heterocycles. The first kappa shape index (κ1) is 14.8. The first-order valence-corrected chi connectivity index (χ1v) is 5.81. The van der Waals surface area contributed by atoms with E-state index >= 15 is 0 Å². The summed E-state index contributed by atoms with van der Waals surface area (Å²) in [5, 5.41) is 0. The first-order chi connectivity index (χ1) is 9.22. The predicted molar refractivity (Wildman–Crippen MR) is 69.6 cm³/mol. The summed E-state index contributed by atoms with van der Waals surface area (Å²) in [5.74, 6) is 0.393. The standard InChI is InChI=1S/C14H16O5/c1-3-18-13(16)8-5-9-19-14-11(10-15)6-4-7-12(14)17-2/h4-8,10H,3,9H2,1-2H3. The first-order valence-electron chi connectivity index (χ1n) is 5.81. The maximum Gasteiger partial charge on any atom is 0.330 e. The number of esters is 1. The predicted octanol–water partition coefficient (Wildman–Crippen LogP) is 2.01. The zero-order chi connectivity index (χ0) is 14.1. The fourth-order valence-electron chi connectivity index (χ4n) is 1.41. The van der Waals surface area contributed by atoms with Crippen LogP contribution in [0, 0.1) is 0 Å². The molecule has 102 valence electrons. The number of ether oxygens (including phenoxy) is 3. The fourth-order valence-corrected chi connectivity index (χ4v) is 1.41. The molecule has 1 aromatic carbocycles. The molecule has 0 fully saturated rings. The lowest BCUT2D eigenvalue weighted by Gasteiger charge is -2.10. The van der Waals surface area contributed by atoms with Gasteiger partial charge in [-0.05, 0) is 25.1 Å². The summed E-state index contributed by atoms with van der Waals surface area (Å²) < 4.78 is 15.3. The molecular formula is C14H16O5. The molecule has 1 rings (SSSR count). The molecule has 0 aliphatic carbocycles. The van der Waals surface area contributed by atoms with E-state index in [2.05, 4.69) is 0 Å². The summed E-state index contributed by atoms with van der Waals surface area (Å²) in [7, 11) is 1.49. The molecule has 0 spiro atoms. The smallest absolute Gasteiger partial charge is 0.330 e. The molecular weight excluding hydrogens is 248 g/mol. The van der Waals surface area contributed by atoms with Gasteiger partial charge in [-0.25, -0.2) is 4.79 Å². The molecule has 0 saturated heterocycles. The van der Waals surface area contributed by atoms with Gasteiger partial charge in [0.2, 0.25) is 0 Å². The van der Waals surface area contributed by atoms with E-state index in [1.54, 1.807) is 25.1 Å². The number of benzene rings is 1. The normalized spacial score (nSPS) is 10.2. The summed E-state index contributed by atoms with van der Waals surface area (Å²) in [5.41, 5.74) is 0.392.